The topological polar surface area (TPSA) is 50.3 Å². The Balaban J connectivity index is 1.48. The average molecular weight is 276 g/mol. The normalized spacial score (nSPS) is 24.8. The Kier molecular flexibility index (Phi) is 4.82. The van der Waals surface area contributed by atoms with Crippen LogP contribution in [0.15, 0.2) is 18.5 Å². The molecule has 2 fully saturated rings. The molecule has 0 aliphatic carbocycles. The van der Waals surface area contributed by atoms with Crippen LogP contribution in [-0.4, -0.2) is 48.9 Å². The van der Waals surface area contributed by atoms with Gasteiger partial charge in [-0.05, 0) is 44.2 Å². The Bertz CT molecular complexity index is 394. The molecular weight excluding hydrogens is 252 g/mol. The van der Waals surface area contributed by atoms with Crippen LogP contribution in [-0.2, 0) is 4.74 Å². The molecule has 2 aliphatic heterocycles. The molecule has 5 nitrogen and oxygen atoms in total. The summed E-state index contributed by atoms with van der Waals surface area (Å²) in [6, 6.07) is 2.43. The Morgan fingerprint density at radius 2 is 2.00 bits per heavy atom. The maximum Gasteiger partial charge on any atom is 0.225 e. The fraction of sp³-hybridized carbons (Fsp3) is 0.733. The molecule has 0 radical (unpaired) electrons. The molecule has 0 aromatic carbocycles. The minimum atomic E-state index is 0.565. The van der Waals surface area contributed by atoms with Gasteiger partial charge in [-0.1, -0.05) is 0 Å². The molecule has 0 saturated carbocycles. The molecule has 1 atom stereocenters. The fourth-order valence-corrected chi connectivity index (χ4v) is 3.06. The van der Waals surface area contributed by atoms with Gasteiger partial charge in [0.15, 0.2) is 0 Å². The summed E-state index contributed by atoms with van der Waals surface area (Å²) in [6.07, 6.45) is 8.51. The predicted molar refractivity (Wildman–Crippen MR) is 78.8 cm³/mol. The van der Waals surface area contributed by atoms with Crippen molar-refractivity contribution in [3.05, 3.63) is 18.5 Å². The van der Waals surface area contributed by atoms with Crippen LogP contribution in [0.2, 0.25) is 0 Å². The van der Waals surface area contributed by atoms with E-state index < -0.39 is 0 Å². The molecule has 0 spiro atoms. The highest BCUT2D eigenvalue weighted by atomic mass is 16.5. The second kappa shape index (κ2) is 6.99. The number of hydrogen-bond acceptors (Lipinski definition) is 5. The number of nitrogens with zero attached hydrogens (tertiary/aromatic N) is 3. The zero-order valence-electron chi connectivity index (χ0n) is 12.0. The van der Waals surface area contributed by atoms with Gasteiger partial charge >= 0.3 is 0 Å². The number of anilines is 1. The number of rotatable bonds is 4. The minimum Gasteiger partial charge on any atom is -0.381 e. The Morgan fingerprint density at radius 1 is 1.20 bits per heavy atom. The van der Waals surface area contributed by atoms with E-state index in [1.165, 1.54) is 25.7 Å². The van der Waals surface area contributed by atoms with Crippen molar-refractivity contribution in [2.45, 2.75) is 31.7 Å². The van der Waals surface area contributed by atoms with Crippen molar-refractivity contribution in [1.29, 1.82) is 0 Å². The van der Waals surface area contributed by atoms with Crippen molar-refractivity contribution in [2.24, 2.45) is 5.92 Å². The molecular formula is C15H24N4O. The van der Waals surface area contributed by atoms with E-state index in [2.05, 4.69) is 20.2 Å². The maximum atomic E-state index is 5.41. The third-order valence-electron chi connectivity index (χ3n) is 4.29. The summed E-state index contributed by atoms with van der Waals surface area (Å²) in [5.74, 6) is 1.65. The van der Waals surface area contributed by atoms with Gasteiger partial charge in [0.1, 0.15) is 0 Å². The third-order valence-corrected chi connectivity index (χ3v) is 4.29. The van der Waals surface area contributed by atoms with E-state index >= 15 is 0 Å². The summed E-state index contributed by atoms with van der Waals surface area (Å²) in [5.41, 5.74) is 0. The van der Waals surface area contributed by atoms with Crippen molar-refractivity contribution in [3.8, 4) is 0 Å². The standard InChI is InChI=1S/C15H24N4O/c1-3-14(18-11-13-4-9-20-10-5-13)12-19(8-1)15-16-6-2-7-17-15/h2,6-7,13-14,18H,1,3-5,8-12H2. The van der Waals surface area contributed by atoms with Crippen molar-refractivity contribution >= 4 is 5.95 Å². The molecule has 1 aromatic heterocycles. The Morgan fingerprint density at radius 3 is 2.80 bits per heavy atom. The van der Waals surface area contributed by atoms with Crippen LogP contribution in [0.4, 0.5) is 5.95 Å². The second-order valence-corrected chi connectivity index (χ2v) is 5.80. The van der Waals surface area contributed by atoms with Crippen LogP contribution >= 0.6 is 0 Å². The number of ether oxygens (including phenoxy) is 1. The summed E-state index contributed by atoms with van der Waals surface area (Å²) in [5, 5.41) is 3.74. The molecule has 3 rings (SSSR count). The van der Waals surface area contributed by atoms with Gasteiger partial charge < -0.3 is 15.0 Å². The lowest BCUT2D eigenvalue weighted by atomic mass is 9.99. The number of hydrogen-bond donors (Lipinski definition) is 1. The average Bonchev–Trinajstić information content (AvgIpc) is 2.55. The summed E-state index contributed by atoms with van der Waals surface area (Å²) in [4.78, 5) is 11.0. The van der Waals surface area contributed by atoms with Gasteiger partial charge in [0, 0.05) is 44.7 Å². The summed E-state index contributed by atoms with van der Waals surface area (Å²) in [7, 11) is 0. The van der Waals surface area contributed by atoms with E-state index in [4.69, 9.17) is 4.74 Å². The first-order valence-corrected chi connectivity index (χ1v) is 7.75. The largest absolute Gasteiger partial charge is 0.381 e. The molecule has 20 heavy (non-hydrogen) atoms. The monoisotopic (exact) mass is 276 g/mol. The summed E-state index contributed by atoms with van der Waals surface area (Å²) < 4.78 is 5.41. The highest BCUT2D eigenvalue weighted by molar-refractivity contribution is 5.29. The van der Waals surface area contributed by atoms with Gasteiger partial charge in [-0.25, -0.2) is 9.97 Å². The van der Waals surface area contributed by atoms with Gasteiger partial charge in [0.05, 0.1) is 0 Å². The van der Waals surface area contributed by atoms with Crippen molar-refractivity contribution in [3.63, 3.8) is 0 Å². The molecule has 5 heteroatoms. The number of aromatic nitrogens is 2. The molecule has 2 saturated heterocycles. The van der Waals surface area contributed by atoms with Gasteiger partial charge in [-0.15, -0.1) is 0 Å². The van der Waals surface area contributed by atoms with E-state index in [1.807, 2.05) is 18.5 Å². The van der Waals surface area contributed by atoms with Gasteiger partial charge in [-0.3, -0.25) is 0 Å². The molecule has 1 N–H and O–H groups in total. The summed E-state index contributed by atoms with van der Waals surface area (Å²) in [6.45, 7) is 5.08. The first-order valence-electron chi connectivity index (χ1n) is 7.75. The molecule has 0 amide bonds. The van der Waals surface area contributed by atoms with E-state index in [-0.39, 0.29) is 0 Å². The van der Waals surface area contributed by atoms with Crippen molar-refractivity contribution in [2.75, 3.05) is 37.7 Å². The molecule has 110 valence electrons. The fourth-order valence-electron chi connectivity index (χ4n) is 3.06. The first kappa shape index (κ1) is 13.8. The smallest absolute Gasteiger partial charge is 0.225 e. The van der Waals surface area contributed by atoms with Crippen LogP contribution in [0.1, 0.15) is 25.7 Å². The Labute approximate surface area is 120 Å². The van der Waals surface area contributed by atoms with Crippen LogP contribution in [0.3, 0.4) is 0 Å². The van der Waals surface area contributed by atoms with E-state index in [1.54, 1.807) is 0 Å². The number of nitrogens with one attached hydrogen (secondary N) is 1. The van der Waals surface area contributed by atoms with Crippen LogP contribution in [0.25, 0.3) is 0 Å². The van der Waals surface area contributed by atoms with E-state index in [0.29, 0.717) is 6.04 Å². The highest BCUT2D eigenvalue weighted by Crippen LogP contribution is 2.17. The van der Waals surface area contributed by atoms with Crippen LogP contribution < -0.4 is 10.2 Å². The zero-order chi connectivity index (χ0) is 13.6. The maximum absolute atomic E-state index is 5.41. The molecule has 0 bridgehead atoms. The lowest BCUT2D eigenvalue weighted by molar-refractivity contribution is 0.0653. The zero-order valence-corrected chi connectivity index (χ0v) is 12.0. The highest BCUT2D eigenvalue weighted by Gasteiger charge is 2.22. The molecule has 1 unspecified atom stereocenters. The predicted octanol–water partition coefficient (Wildman–Crippen LogP) is 1.46. The lowest BCUT2D eigenvalue weighted by Crippen LogP contribution is -2.47. The summed E-state index contributed by atoms with van der Waals surface area (Å²) >= 11 is 0. The second-order valence-electron chi connectivity index (χ2n) is 5.80. The Hall–Kier alpha value is -1.20. The van der Waals surface area contributed by atoms with Gasteiger partial charge in [0.2, 0.25) is 5.95 Å². The third kappa shape index (κ3) is 3.67. The molecule has 1 aromatic rings. The van der Waals surface area contributed by atoms with Crippen LogP contribution in [0.5, 0.6) is 0 Å². The van der Waals surface area contributed by atoms with Gasteiger partial charge in [-0.2, -0.15) is 0 Å². The van der Waals surface area contributed by atoms with E-state index in [9.17, 15) is 0 Å². The lowest BCUT2D eigenvalue weighted by Gasteiger charge is -2.34. The van der Waals surface area contributed by atoms with E-state index in [0.717, 1.165) is 44.7 Å². The van der Waals surface area contributed by atoms with Crippen molar-refractivity contribution < 1.29 is 4.74 Å². The van der Waals surface area contributed by atoms with Crippen molar-refractivity contribution in [1.82, 2.24) is 15.3 Å². The van der Waals surface area contributed by atoms with Gasteiger partial charge in [0.25, 0.3) is 0 Å². The minimum absolute atomic E-state index is 0.565. The van der Waals surface area contributed by atoms with Crippen LogP contribution in [0, 0.1) is 5.92 Å². The quantitative estimate of drug-likeness (QED) is 0.902. The first-order chi connectivity index (χ1) is 9.92. The SMILES string of the molecule is c1cnc(N2CCCC(NCC3CCOCC3)C2)nc1. The molecule has 2 aliphatic rings. The molecule has 3 heterocycles. The number of piperidine rings is 1.